The van der Waals surface area contributed by atoms with E-state index in [-0.39, 0.29) is 5.82 Å². The molecule has 1 aromatic carbocycles. The van der Waals surface area contributed by atoms with Gasteiger partial charge in [-0.25, -0.2) is 4.39 Å². The molecule has 3 heteroatoms. The molecule has 0 aliphatic carbocycles. The Morgan fingerprint density at radius 2 is 2.00 bits per heavy atom. The van der Waals surface area contributed by atoms with Gasteiger partial charge in [0.2, 0.25) is 0 Å². The summed E-state index contributed by atoms with van der Waals surface area (Å²) in [5, 5.41) is 3.35. The van der Waals surface area contributed by atoms with Crippen molar-refractivity contribution in [1.29, 1.82) is 0 Å². The molecular formula is C14H23FN2. The van der Waals surface area contributed by atoms with Crippen LogP contribution < -0.4 is 11.1 Å². The van der Waals surface area contributed by atoms with Crippen LogP contribution in [0.1, 0.15) is 19.4 Å². The molecule has 0 saturated carbocycles. The number of nitrogens with one attached hydrogen (secondary N) is 1. The van der Waals surface area contributed by atoms with Gasteiger partial charge in [-0.2, -0.15) is 0 Å². The Morgan fingerprint density at radius 1 is 1.29 bits per heavy atom. The maximum Gasteiger partial charge on any atom is 0.126 e. The highest BCUT2D eigenvalue weighted by molar-refractivity contribution is 5.17. The third-order valence-corrected chi connectivity index (χ3v) is 3.18. The summed E-state index contributed by atoms with van der Waals surface area (Å²) in [6.07, 6.45) is 0.724. The topological polar surface area (TPSA) is 38.0 Å². The number of hydrogen-bond acceptors (Lipinski definition) is 2. The third kappa shape index (κ3) is 4.84. The second-order valence-corrected chi connectivity index (χ2v) is 4.79. The largest absolute Gasteiger partial charge is 0.330 e. The van der Waals surface area contributed by atoms with Gasteiger partial charge in [-0.15, -0.1) is 0 Å². The van der Waals surface area contributed by atoms with Crippen LogP contribution >= 0.6 is 0 Å². The van der Waals surface area contributed by atoms with Crippen LogP contribution in [0.3, 0.4) is 0 Å². The Labute approximate surface area is 103 Å². The Morgan fingerprint density at radius 3 is 2.59 bits per heavy atom. The Hall–Kier alpha value is -0.930. The van der Waals surface area contributed by atoms with E-state index >= 15 is 0 Å². The first-order valence-electron chi connectivity index (χ1n) is 6.29. The number of rotatable bonds is 7. The standard InChI is InChI=1S/C14H23FN2/c1-11(2)13(9-16)10-17-8-7-12-5-3-4-6-14(12)15/h3-6,11,13,17H,7-10,16H2,1-2H3. The lowest BCUT2D eigenvalue weighted by molar-refractivity contribution is 0.372. The van der Waals surface area contributed by atoms with Crippen molar-refractivity contribution in [2.45, 2.75) is 20.3 Å². The SMILES string of the molecule is CC(C)C(CN)CNCCc1ccccc1F. The molecule has 96 valence electrons. The van der Waals surface area contributed by atoms with Crippen molar-refractivity contribution in [1.82, 2.24) is 5.32 Å². The number of halogens is 1. The highest BCUT2D eigenvalue weighted by Crippen LogP contribution is 2.08. The molecule has 0 saturated heterocycles. The highest BCUT2D eigenvalue weighted by atomic mass is 19.1. The van der Waals surface area contributed by atoms with Gasteiger partial charge in [-0.3, -0.25) is 0 Å². The molecule has 0 aliphatic rings. The molecule has 0 fully saturated rings. The first-order valence-corrected chi connectivity index (χ1v) is 6.29. The second kappa shape index (κ2) is 7.41. The van der Waals surface area contributed by atoms with Gasteiger partial charge >= 0.3 is 0 Å². The number of benzene rings is 1. The minimum Gasteiger partial charge on any atom is -0.330 e. The zero-order valence-electron chi connectivity index (χ0n) is 10.7. The second-order valence-electron chi connectivity index (χ2n) is 4.79. The lowest BCUT2D eigenvalue weighted by Crippen LogP contribution is -2.32. The fourth-order valence-electron chi connectivity index (χ4n) is 1.80. The lowest BCUT2D eigenvalue weighted by Gasteiger charge is -2.19. The van der Waals surface area contributed by atoms with E-state index in [2.05, 4.69) is 19.2 Å². The van der Waals surface area contributed by atoms with E-state index in [1.54, 1.807) is 6.07 Å². The summed E-state index contributed by atoms with van der Waals surface area (Å²) in [5.41, 5.74) is 6.46. The van der Waals surface area contributed by atoms with E-state index in [0.717, 1.165) is 25.1 Å². The molecule has 1 aromatic rings. The Balaban J connectivity index is 2.27. The molecule has 0 bridgehead atoms. The number of hydrogen-bond donors (Lipinski definition) is 2. The van der Waals surface area contributed by atoms with Gasteiger partial charge < -0.3 is 11.1 Å². The Kier molecular flexibility index (Phi) is 6.16. The van der Waals surface area contributed by atoms with Crippen LogP contribution in [0.2, 0.25) is 0 Å². The fourth-order valence-corrected chi connectivity index (χ4v) is 1.80. The molecular weight excluding hydrogens is 215 g/mol. The van der Waals surface area contributed by atoms with Gasteiger partial charge in [-0.05, 0) is 49.5 Å². The first kappa shape index (κ1) is 14.1. The van der Waals surface area contributed by atoms with Crippen molar-refractivity contribution < 1.29 is 4.39 Å². The molecule has 1 unspecified atom stereocenters. The molecule has 0 heterocycles. The van der Waals surface area contributed by atoms with Crippen LogP contribution in [-0.4, -0.2) is 19.6 Å². The van der Waals surface area contributed by atoms with E-state index < -0.39 is 0 Å². The summed E-state index contributed by atoms with van der Waals surface area (Å²) in [6, 6.07) is 6.93. The molecule has 0 aromatic heterocycles. The van der Waals surface area contributed by atoms with E-state index in [4.69, 9.17) is 5.73 Å². The smallest absolute Gasteiger partial charge is 0.126 e. The zero-order chi connectivity index (χ0) is 12.7. The van der Waals surface area contributed by atoms with Crippen molar-refractivity contribution >= 4 is 0 Å². The van der Waals surface area contributed by atoms with Gasteiger partial charge in [0.1, 0.15) is 5.82 Å². The molecule has 1 rings (SSSR count). The monoisotopic (exact) mass is 238 g/mol. The quantitative estimate of drug-likeness (QED) is 0.715. The fraction of sp³-hybridized carbons (Fsp3) is 0.571. The van der Waals surface area contributed by atoms with Crippen LogP contribution in [0.5, 0.6) is 0 Å². The summed E-state index contributed by atoms with van der Waals surface area (Å²) in [5.74, 6) is 0.963. The normalized spacial score (nSPS) is 13.0. The average Bonchev–Trinajstić information content (AvgIpc) is 2.31. The molecule has 17 heavy (non-hydrogen) atoms. The molecule has 3 N–H and O–H groups in total. The van der Waals surface area contributed by atoms with Crippen molar-refractivity contribution in [3.63, 3.8) is 0 Å². The van der Waals surface area contributed by atoms with Gasteiger partial charge in [0.15, 0.2) is 0 Å². The van der Waals surface area contributed by atoms with Crippen molar-refractivity contribution in [2.24, 2.45) is 17.6 Å². The average molecular weight is 238 g/mol. The maximum absolute atomic E-state index is 13.3. The predicted molar refractivity (Wildman–Crippen MR) is 70.4 cm³/mol. The Bertz CT molecular complexity index is 326. The van der Waals surface area contributed by atoms with Crippen molar-refractivity contribution in [3.05, 3.63) is 35.6 Å². The summed E-state index contributed by atoms with van der Waals surface area (Å²) < 4.78 is 13.3. The van der Waals surface area contributed by atoms with Crippen LogP contribution in [0.25, 0.3) is 0 Å². The lowest BCUT2D eigenvalue weighted by atomic mass is 9.96. The van der Waals surface area contributed by atoms with Crippen LogP contribution in [-0.2, 0) is 6.42 Å². The van der Waals surface area contributed by atoms with Gasteiger partial charge in [-0.1, -0.05) is 32.0 Å². The van der Waals surface area contributed by atoms with Gasteiger partial charge in [0, 0.05) is 0 Å². The predicted octanol–water partition coefficient (Wildman–Crippen LogP) is 2.19. The minimum atomic E-state index is -0.117. The van der Waals surface area contributed by atoms with Crippen molar-refractivity contribution in [3.8, 4) is 0 Å². The third-order valence-electron chi connectivity index (χ3n) is 3.18. The minimum absolute atomic E-state index is 0.117. The van der Waals surface area contributed by atoms with Gasteiger partial charge in [0.05, 0.1) is 0 Å². The van der Waals surface area contributed by atoms with Crippen LogP contribution in [0, 0.1) is 17.7 Å². The van der Waals surface area contributed by atoms with E-state index in [0.29, 0.717) is 18.4 Å². The highest BCUT2D eigenvalue weighted by Gasteiger charge is 2.10. The van der Waals surface area contributed by atoms with E-state index in [9.17, 15) is 4.39 Å². The summed E-state index contributed by atoms with van der Waals surface area (Å²) in [7, 11) is 0. The first-order chi connectivity index (χ1) is 8.15. The van der Waals surface area contributed by atoms with Crippen molar-refractivity contribution in [2.75, 3.05) is 19.6 Å². The molecule has 1 atom stereocenters. The van der Waals surface area contributed by atoms with Gasteiger partial charge in [0.25, 0.3) is 0 Å². The number of nitrogens with two attached hydrogens (primary N) is 1. The summed E-state index contributed by atoms with van der Waals surface area (Å²) in [6.45, 7) is 6.75. The van der Waals surface area contributed by atoms with Crippen LogP contribution in [0.15, 0.2) is 24.3 Å². The summed E-state index contributed by atoms with van der Waals surface area (Å²) in [4.78, 5) is 0. The zero-order valence-corrected chi connectivity index (χ0v) is 10.7. The summed E-state index contributed by atoms with van der Waals surface area (Å²) >= 11 is 0. The maximum atomic E-state index is 13.3. The van der Waals surface area contributed by atoms with E-state index in [1.165, 1.54) is 6.07 Å². The molecule has 0 aliphatic heterocycles. The molecule has 0 spiro atoms. The molecule has 0 radical (unpaired) electrons. The van der Waals surface area contributed by atoms with E-state index in [1.807, 2.05) is 12.1 Å². The van der Waals surface area contributed by atoms with Crippen LogP contribution in [0.4, 0.5) is 4.39 Å². The molecule has 2 nitrogen and oxygen atoms in total. The molecule has 0 amide bonds.